The fourth-order valence-electron chi connectivity index (χ4n) is 7.17. The molecule has 1 fully saturated rings. The second-order valence-corrected chi connectivity index (χ2v) is 17.2. The van der Waals surface area contributed by atoms with Gasteiger partial charge in [0, 0.05) is 24.4 Å². The van der Waals surface area contributed by atoms with E-state index < -0.39 is 19.8 Å². The fourth-order valence-corrected chi connectivity index (χ4v) is 11.8. The van der Waals surface area contributed by atoms with Crippen molar-refractivity contribution >= 4 is 24.7 Å². The Morgan fingerprint density at radius 1 is 0.930 bits per heavy atom. The Bertz CT molecular complexity index is 1270. The van der Waals surface area contributed by atoms with E-state index in [-0.39, 0.29) is 29.5 Å². The highest BCUT2D eigenvalue weighted by molar-refractivity contribution is 6.99. The van der Waals surface area contributed by atoms with Gasteiger partial charge in [-0.2, -0.15) is 0 Å². The van der Waals surface area contributed by atoms with Gasteiger partial charge in [-0.05, 0) is 52.6 Å². The van der Waals surface area contributed by atoms with Gasteiger partial charge in [-0.25, -0.2) is 0 Å². The van der Waals surface area contributed by atoms with Crippen LogP contribution >= 0.6 is 0 Å². The lowest BCUT2D eigenvalue weighted by molar-refractivity contribution is -0.140. The molecule has 0 amide bonds. The Kier molecular flexibility index (Phi) is 11.2. The van der Waals surface area contributed by atoms with Gasteiger partial charge in [0.05, 0.1) is 19.8 Å². The van der Waals surface area contributed by atoms with Crippen LogP contribution in [-0.2, 0) is 19.4 Å². The molecule has 4 atom stereocenters. The molecule has 1 aliphatic carbocycles. The fraction of sp³-hybridized carbons (Fsp3) is 0.432. The summed E-state index contributed by atoms with van der Waals surface area (Å²) in [5, 5.41) is 24.9. The minimum Gasteiger partial charge on any atom is -0.469 e. The van der Waals surface area contributed by atoms with Crippen molar-refractivity contribution < 1.29 is 24.2 Å². The summed E-state index contributed by atoms with van der Waals surface area (Å²) in [4.78, 5) is 11.5. The molecule has 4 rings (SSSR count). The summed E-state index contributed by atoms with van der Waals surface area (Å²) < 4.78 is 12.1. The number of carbonyl (C=O) groups excluding carboxylic acids is 1. The van der Waals surface area contributed by atoms with Crippen LogP contribution in [0.2, 0.25) is 5.04 Å². The maximum atomic E-state index is 11.7. The van der Waals surface area contributed by atoms with Gasteiger partial charge in [0.15, 0.2) is 0 Å². The van der Waals surface area contributed by atoms with Gasteiger partial charge in [-0.1, -0.05) is 124 Å². The second kappa shape index (κ2) is 14.6. The summed E-state index contributed by atoms with van der Waals surface area (Å²) in [6.07, 6.45) is 6.70. The number of benzene rings is 3. The van der Waals surface area contributed by atoms with E-state index in [4.69, 9.17) is 9.16 Å². The van der Waals surface area contributed by atoms with Crippen molar-refractivity contribution in [3.05, 3.63) is 109 Å². The predicted octanol–water partition coefficient (Wildman–Crippen LogP) is 5.78. The highest BCUT2D eigenvalue weighted by atomic mass is 28.4. The summed E-state index contributed by atoms with van der Waals surface area (Å²) in [6.45, 7) is 7.14. The van der Waals surface area contributed by atoms with Crippen LogP contribution in [0.15, 0.2) is 103 Å². The number of ether oxygens (including phenoxy) is 1. The standard InChI is InChI=1S/C37H48O5Si/c1-36(2,3)43(30-20-12-8-13-21-30,31-22-14-9-15-23-31)42-27-32-33(24-16-5-6-17-25-35(40)41-4)37(28-38,26-34(32)39)29-18-10-7-11-19-29/h5,7-16,18-23,32-34,38-39H,6,17,24-28H2,1-4H3/b16-5-/t32-,33-,34-,37-/m1/s1. The third kappa shape index (κ3) is 7.04. The van der Waals surface area contributed by atoms with Gasteiger partial charge >= 0.3 is 5.97 Å². The minimum atomic E-state index is -2.81. The Morgan fingerprint density at radius 2 is 1.49 bits per heavy atom. The van der Waals surface area contributed by atoms with E-state index in [2.05, 4.69) is 93.6 Å². The number of methoxy groups -OCH3 is 1. The molecule has 0 radical (unpaired) electrons. The van der Waals surface area contributed by atoms with E-state index in [1.165, 1.54) is 17.5 Å². The Balaban J connectivity index is 1.69. The number of hydrogen-bond donors (Lipinski definition) is 2. The summed E-state index contributed by atoms with van der Waals surface area (Å²) in [7, 11) is -1.40. The molecule has 43 heavy (non-hydrogen) atoms. The van der Waals surface area contributed by atoms with Gasteiger partial charge in [0.1, 0.15) is 0 Å². The number of carbonyl (C=O) groups is 1. The largest absolute Gasteiger partial charge is 0.469 e. The van der Waals surface area contributed by atoms with Crippen LogP contribution in [0.25, 0.3) is 0 Å². The van der Waals surface area contributed by atoms with Gasteiger partial charge in [-0.3, -0.25) is 4.79 Å². The number of unbranched alkanes of at least 4 members (excludes halogenated alkanes) is 1. The van der Waals surface area contributed by atoms with Gasteiger partial charge in [0.2, 0.25) is 0 Å². The number of hydrogen-bond acceptors (Lipinski definition) is 5. The van der Waals surface area contributed by atoms with Crippen molar-refractivity contribution in [2.75, 3.05) is 20.3 Å². The molecule has 3 aromatic carbocycles. The number of rotatable bonds is 13. The molecule has 5 nitrogen and oxygen atoms in total. The van der Waals surface area contributed by atoms with Crippen LogP contribution in [0.4, 0.5) is 0 Å². The normalized spacial score (nSPS) is 22.6. The van der Waals surface area contributed by atoms with Crippen LogP contribution in [0, 0.1) is 11.8 Å². The molecule has 0 aromatic heterocycles. The molecule has 230 valence electrons. The molecule has 0 bridgehead atoms. The summed E-state index contributed by atoms with van der Waals surface area (Å²) >= 11 is 0. The molecule has 1 aliphatic rings. The quantitative estimate of drug-likeness (QED) is 0.113. The average molecular weight is 601 g/mol. The smallest absolute Gasteiger partial charge is 0.305 e. The maximum Gasteiger partial charge on any atom is 0.305 e. The molecule has 2 N–H and O–H groups in total. The lowest BCUT2D eigenvalue weighted by atomic mass is 9.69. The first-order valence-corrected chi connectivity index (χ1v) is 17.4. The molecule has 0 spiro atoms. The minimum absolute atomic E-state index is 0.0371. The average Bonchev–Trinajstić information content (AvgIpc) is 3.30. The van der Waals surface area contributed by atoms with Crippen LogP contribution in [0.3, 0.4) is 0 Å². The maximum absolute atomic E-state index is 11.7. The number of aliphatic hydroxyl groups excluding tert-OH is 2. The zero-order chi connectivity index (χ0) is 30.9. The first-order chi connectivity index (χ1) is 20.7. The molecule has 0 saturated heterocycles. The highest BCUT2D eigenvalue weighted by Gasteiger charge is 2.55. The molecular formula is C37H48O5Si. The van der Waals surface area contributed by atoms with E-state index in [1.807, 2.05) is 30.3 Å². The molecule has 3 aromatic rings. The predicted molar refractivity (Wildman–Crippen MR) is 176 cm³/mol. The van der Waals surface area contributed by atoms with E-state index in [0.717, 1.165) is 18.4 Å². The van der Waals surface area contributed by atoms with E-state index in [1.54, 1.807) is 0 Å². The number of esters is 1. The third-order valence-electron chi connectivity index (χ3n) is 9.37. The zero-order valence-electron chi connectivity index (χ0n) is 26.1. The van der Waals surface area contributed by atoms with Crippen molar-refractivity contribution in [3.63, 3.8) is 0 Å². The van der Waals surface area contributed by atoms with Crippen LogP contribution in [0.5, 0.6) is 0 Å². The topological polar surface area (TPSA) is 76.0 Å². The highest BCUT2D eigenvalue weighted by Crippen LogP contribution is 2.51. The number of aliphatic hydroxyl groups is 2. The lowest BCUT2D eigenvalue weighted by Gasteiger charge is -2.44. The summed E-state index contributed by atoms with van der Waals surface area (Å²) in [5.74, 6) is -0.407. The molecule has 6 heteroatoms. The Labute approximate surface area is 258 Å². The first-order valence-electron chi connectivity index (χ1n) is 15.5. The van der Waals surface area contributed by atoms with Crippen LogP contribution in [0.1, 0.15) is 58.4 Å². The van der Waals surface area contributed by atoms with E-state index in [9.17, 15) is 15.0 Å². The third-order valence-corrected chi connectivity index (χ3v) is 14.4. The molecule has 1 saturated carbocycles. The van der Waals surface area contributed by atoms with E-state index >= 15 is 0 Å². The lowest BCUT2D eigenvalue weighted by Crippen LogP contribution is -2.67. The van der Waals surface area contributed by atoms with Gasteiger partial charge in [-0.15, -0.1) is 0 Å². The van der Waals surface area contributed by atoms with Crippen molar-refractivity contribution in [1.29, 1.82) is 0 Å². The Morgan fingerprint density at radius 3 is 2.00 bits per heavy atom. The molecular weight excluding hydrogens is 552 g/mol. The number of allylic oxidation sites excluding steroid dienone is 2. The first kappa shape index (κ1) is 32.9. The monoisotopic (exact) mass is 600 g/mol. The van der Waals surface area contributed by atoms with Crippen LogP contribution in [-0.4, -0.2) is 50.9 Å². The molecule has 0 heterocycles. The zero-order valence-corrected chi connectivity index (χ0v) is 27.1. The van der Waals surface area contributed by atoms with Crippen molar-refractivity contribution in [1.82, 2.24) is 0 Å². The van der Waals surface area contributed by atoms with Crippen molar-refractivity contribution in [3.8, 4) is 0 Å². The molecule has 0 aliphatic heterocycles. The summed E-state index contributed by atoms with van der Waals surface area (Å²) in [5.41, 5.74) is 0.463. The Hall–Kier alpha value is -3.03. The summed E-state index contributed by atoms with van der Waals surface area (Å²) in [6, 6.07) is 31.3. The van der Waals surface area contributed by atoms with Crippen LogP contribution < -0.4 is 10.4 Å². The SMILES string of the molecule is COC(=O)CCC/C=C\C[C@@H]1[C@@H](CO[Si](c2ccccc2)(c2ccccc2)C(C)(C)C)[C@H](O)C[C@@]1(CO)c1ccccc1. The van der Waals surface area contributed by atoms with Gasteiger partial charge in [0.25, 0.3) is 8.32 Å². The second-order valence-electron chi connectivity index (χ2n) is 12.9. The van der Waals surface area contributed by atoms with Crippen molar-refractivity contribution in [2.45, 2.75) is 69.4 Å². The molecule has 0 unspecified atom stereocenters. The van der Waals surface area contributed by atoms with Gasteiger partial charge < -0.3 is 19.4 Å². The van der Waals surface area contributed by atoms with Crippen molar-refractivity contribution in [2.24, 2.45) is 11.8 Å². The van der Waals surface area contributed by atoms with E-state index in [0.29, 0.717) is 25.9 Å².